The first-order valence-electron chi connectivity index (χ1n) is 18.7. The molecule has 0 unspecified atom stereocenters. The van der Waals surface area contributed by atoms with E-state index in [2.05, 4.69) is 191 Å². The lowest BCUT2D eigenvalue weighted by molar-refractivity contribution is -0.117. The van der Waals surface area contributed by atoms with E-state index in [1.807, 2.05) is 13.8 Å². The topological polar surface area (TPSA) is 34.1 Å². The summed E-state index contributed by atoms with van der Waals surface area (Å²) in [7, 11) is 0. The molecule has 0 bridgehead atoms. The summed E-state index contributed by atoms with van der Waals surface area (Å²) in [4.78, 5) is 24.4. The van der Waals surface area contributed by atoms with Crippen molar-refractivity contribution < 1.29 is 9.59 Å². The van der Waals surface area contributed by atoms with Gasteiger partial charge in [-0.15, -0.1) is 0 Å². The second kappa shape index (κ2) is 21.1. The fraction of sp³-hybridized carbons (Fsp3) is 0.360. The van der Waals surface area contributed by atoms with Gasteiger partial charge in [-0.25, -0.2) is 0 Å². The Kier molecular flexibility index (Phi) is 17.7. The van der Waals surface area contributed by atoms with Crippen molar-refractivity contribution in [2.45, 2.75) is 109 Å². The third-order valence-electron chi connectivity index (χ3n) is 9.78. The molecular weight excluding hydrogens is 633 g/mol. The maximum Gasteiger partial charge on any atom is 0.158 e. The molecule has 0 N–H and O–H groups in total. The minimum Gasteiger partial charge on any atom is -0.295 e. The highest BCUT2D eigenvalue weighted by Gasteiger charge is 2.31. The van der Waals surface area contributed by atoms with Crippen molar-refractivity contribution in [1.29, 1.82) is 0 Å². The highest BCUT2D eigenvalue weighted by Crippen LogP contribution is 2.40. The van der Waals surface area contributed by atoms with Gasteiger partial charge in [-0.2, -0.15) is 0 Å². The van der Waals surface area contributed by atoms with Gasteiger partial charge in [0.15, 0.2) is 11.6 Å². The van der Waals surface area contributed by atoms with Crippen LogP contribution in [0.15, 0.2) is 177 Å². The number of carbonyl (C=O) groups is 2. The second-order valence-corrected chi connectivity index (χ2v) is 15.6. The van der Waals surface area contributed by atoms with Gasteiger partial charge in [0, 0.05) is 12.8 Å². The first kappa shape index (κ1) is 43.6. The molecular formula is C50H64O2. The lowest BCUT2D eigenvalue weighted by Crippen LogP contribution is -2.24. The first-order chi connectivity index (χ1) is 24.4. The molecule has 0 saturated heterocycles. The number of hydrogen-bond acceptors (Lipinski definition) is 2. The Morgan fingerprint density at radius 1 is 0.423 bits per heavy atom. The largest absolute Gasteiger partial charge is 0.295 e. The Morgan fingerprint density at radius 2 is 0.673 bits per heavy atom. The van der Waals surface area contributed by atoms with Gasteiger partial charge in [0.2, 0.25) is 0 Å². The van der Waals surface area contributed by atoms with Crippen LogP contribution in [0.1, 0.15) is 109 Å². The second-order valence-electron chi connectivity index (χ2n) is 15.6. The standard InChI is InChI=1S/C50H64O2/c1-37(21-15-23-39(3)25-17-27-41(5)29-31-45-43(7)47(51)33-35-49(45,9)10)19-13-14-20-38(2)22-16-24-40(4)26-18-28-42(6)30-32-46-44(8)48(52)34-36-50(46,11)12/h13-32H,33-36H2,1-12H3/b14-13+,21-15+,22-16+,25-17+,26-18+,31-29+,32-30+,37-19+,38-20+,39-23+,40-24+,41-27+,42-28+. The average Bonchev–Trinajstić information content (AvgIpc) is 3.06. The average molecular weight is 697 g/mol. The van der Waals surface area contributed by atoms with Crippen molar-refractivity contribution in [3.05, 3.63) is 177 Å². The third-order valence-corrected chi connectivity index (χ3v) is 9.78. The summed E-state index contributed by atoms with van der Waals surface area (Å²) in [6.45, 7) is 25.4. The molecule has 2 rings (SSSR count). The maximum absolute atomic E-state index is 12.2. The van der Waals surface area contributed by atoms with Crippen LogP contribution in [0.4, 0.5) is 0 Å². The van der Waals surface area contributed by atoms with Crippen LogP contribution < -0.4 is 0 Å². The van der Waals surface area contributed by atoms with E-state index in [9.17, 15) is 9.59 Å². The molecule has 0 saturated carbocycles. The lowest BCUT2D eigenvalue weighted by Gasteiger charge is -2.32. The Labute approximate surface area is 317 Å². The van der Waals surface area contributed by atoms with Gasteiger partial charge in [-0.3, -0.25) is 9.59 Å². The van der Waals surface area contributed by atoms with Gasteiger partial charge in [0.05, 0.1) is 0 Å². The van der Waals surface area contributed by atoms with Gasteiger partial charge in [-0.1, -0.05) is 183 Å². The summed E-state index contributed by atoms with van der Waals surface area (Å²) in [6.07, 6.45) is 45.1. The van der Waals surface area contributed by atoms with E-state index in [4.69, 9.17) is 0 Å². The lowest BCUT2D eigenvalue weighted by atomic mass is 9.72. The summed E-state index contributed by atoms with van der Waals surface area (Å²) in [5.74, 6) is 0.542. The van der Waals surface area contributed by atoms with Gasteiger partial charge < -0.3 is 0 Å². The predicted octanol–water partition coefficient (Wildman–Crippen LogP) is 14.0. The molecule has 52 heavy (non-hydrogen) atoms. The van der Waals surface area contributed by atoms with E-state index in [0.29, 0.717) is 12.8 Å². The van der Waals surface area contributed by atoms with Crippen LogP contribution in [-0.4, -0.2) is 11.6 Å². The Balaban J connectivity index is 1.86. The number of ketones is 2. The third kappa shape index (κ3) is 15.4. The van der Waals surface area contributed by atoms with E-state index < -0.39 is 0 Å². The number of allylic oxidation sites excluding steroid dienone is 30. The molecule has 2 aliphatic rings. The van der Waals surface area contributed by atoms with Crippen LogP contribution in [0.25, 0.3) is 0 Å². The van der Waals surface area contributed by atoms with Crippen molar-refractivity contribution in [2.24, 2.45) is 10.8 Å². The van der Waals surface area contributed by atoms with Crippen molar-refractivity contribution in [3.8, 4) is 0 Å². The van der Waals surface area contributed by atoms with Crippen LogP contribution in [0.5, 0.6) is 0 Å². The van der Waals surface area contributed by atoms with E-state index in [1.54, 1.807) is 0 Å². The van der Waals surface area contributed by atoms with E-state index >= 15 is 0 Å². The number of hydrogen-bond donors (Lipinski definition) is 0. The van der Waals surface area contributed by atoms with Crippen LogP contribution in [0.2, 0.25) is 0 Å². The highest BCUT2D eigenvalue weighted by molar-refractivity contribution is 5.97. The molecule has 0 aromatic carbocycles. The fourth-order valence-corrected chi connectivity index (χ4v) is 6.10. The minimum atomic E-state index is 0.0365. The van der Waals surface area contributed by atoms with Gasteiger partial charge in [0.25, 0.3) is 0 Å². The number of carbonyl (C=O) groups excluding carboxylic acids is 2. The van der Waals surface area contributed by atoms with Crippen molar-refractivity contribution in [3.63, 3.8) is 0 Å². The molecule has 0 aromatic rings. The zero-order valence-corrected chi connectivity index (χ0v) is 34.2. The highest BCUT2D eigenvalue weighted by atomic mass is 16.1. The summed E-state index contributed by atoms with van der Waals surface area (Å²) in [6, 6.07) is 0. The summed E-state index contributed by atoms with van der Waals surface area (Å²) < 4.78 is 0. The summed E-state index contributed by atoms with van der Waals surface area (Å²) in [5, 5.41) is 0. The normalized spacial score (nSPS) is 20.8. The number of Topliss-reactive ketones (excluding diaryl/α,β-unsaturated/α-hetero) is 2. The molecule has 0 aromatic heterocycles. The fourth-order valence-electron chi connectivity index (χ4n) is 6.10. The first-order valence-corrected chi connectivity index (χ1v) is 18.7. The van der Waals surface area contributed by atoms with E-state index in [-0.39, 0.29) is 22.4 Å². The summed E-state index contributed by atoms with van der Waals surface area (Å²) >= 11 is 0. The Bertz CT molecular complexity index is 1660. The van der Waals surface area contributed by atoms with Crippen LogP contribution in [0.3, 0.4) is 0 Å². The van der Waals surface area contributed by atoms with Crippen LogP contribution in [-0.2, 0) is 9.59 Å². The maximum atomic E-state index is 12.2. The molecule has 0 aliphatic heterocycles. The van der Waals surface area contributed by atoms with Crippen LogP contribution >= 0.6 is 0 Å². The molecule has 0 spiro atoms. The molecule has 2 heteroatoms. The van der Waals surface area contributed by atoms with Crippen molar-refractivity contribution in [2.75, 3.05) is 0 Å². The molecule has 0 fully saturated rings. The van der Waals surface area contributed by atoms with Crippen molar-refractivity contribution in [1.82, 2.24) is 0 Å². The molecule has 0 amide bonds. The Morgan fingerprint density at radius 3 is 0.962 bits per heavy atom. The summed E-state index contributed by atoms with van der Waals surface area (Å²) in [5.41, 5.74) is 11.2. The zero-order valence-electron chi connectivity index (χ0n) is 34.2. The van der Waals surface area contributed by atoms with Gasteiger partial charge in [0.1, 0.15) is 0 Å². The van der Waals surface area contributed by atoms with Gasteiger partial charge in [-0.05, 0) is 101 Å². The molecule has 0 heterocycles. The molecule has 2 aliphatic carbocycles. The molecule has 0 radical (unpaired) electrons. The van der Waals surface area contributed by atoms with Crippen LogP contribution in [0, 0.1) is 10.8 Å². The number of rotatable bonds is 14. The Hall–Kier alpha value is -4.56. The van der Waals surface area contributed by atoms with E-state index in [0.717, 1.165) is 46.3 Å². The molecule has 2 nitrogen and oxygen atoms in total. The SMILES string of the molecule is CC1=C(/C=C/C(C)=C/C=C/C(C)=C/C=C/C(C)=C/C=C/C=C(C)/C=C/C=C(C)/C=C/C=C(C)/C=C/C2=C(C)C(=O)CCC2(C)C)C(C)(C)CCC1=O. The predicted molar refractivity (Wildman–Crippen MR) is 228 cm³/mol. The quantitative estimate of drug-likeness (QED) is 0.169. The van der Waals surface area contributed by atoms with E-state index in [1.165, 1.54) is 22.3 Å². The van der Waals surface area contributed by atoms with Gasteiger partial charge >= 0.3 is 0 Å². The monoisotopic (exact) mass is 696 g/mol. The smallest absolute Gasteiger partial charge is 0.158 e. The molecule has 0 atom stereocenters. The minimum absolute atomic E-state index is 0.0365. The zero-order chi connectivity index (χ0) is 38.9. The van der Waals surface area contributed by atoms with Crippen molar-refractivity contribution >= 4 is 11.6 Å². The molecule has 276 valence electrons.